The van der Waals surface area contributed by atoms with Gasteiger partial charge in [-0.05, 0) is 19.1 Å². The molecule has 0 aliphatic carbocycles. The molecule has 0 N–H and O–H groups in total. The van der Waals surface area contributed by atoms with Gasteiger partial charge >= 0.3 is 5.97 Å². The molecule has 0 spiro atoms. The van der Waals surface area contributed by atoms with E-state index in [4.69, 9.17) is 4.74 Å². The molecule has 1 heterocycles. The molecule has 0 bridgehead atoms. The van der Waals surface area contributed by atoms with Gasteiger partial charge in [0.1, 0.15) is 5.82 Å². The predicted molar refractivity (Wildman–Crippen MR) is 64.6 cm³/mol. The number of ether oxygens (including phenoxy) is 1. The summed E-state index contributed by atoms with van der Waals surface area (Å²) in [6, 6.07) is 7.28. The first-order valence-corrected chi connectivity index (χ1v) is 5.47. The van der Waals surface area contributed by atoms with Crippen LogP contribution in [0.15, 0.2) is 36.7 Å². The van der Waals surface area contributed by atoms with E-state index in [1.54, 1.807) is 25.3 Å². The molecule has 2 aromatic rings. The van der Waals surface area contributed by atoms with Crippen molar-refractivity contribution in [3.8, 4) is 11.4 Å². The Morgan fingerprint density at radius 1 is 1.47 bits per heavy atom. The van der Waals surface area contributed by atoms with Crippen molar-refractivity contribution in [3.05, 3.63) is 42.2 Å². The molecule has 1 aromatic heterocycles. The molecule has 0 radical (unpaired) electrons. The van der Waals surface area contributed by atoms with Gasteiger partial charge in [0.05, 0.1) is 12.2 Å². The quantitative estimate of drug-likeness (QED) is 0.760. The standard InChI is InChI=1S/C13H14N2O2/c1-3-17-13(16)11-6-4-5-10(9-11)12-14-7-8-15(12)2/h4-9H,3H2,1-2H3. The highest BCUT2D eigenvalue weighted by Crippen LogP contribution is 2.18. The van der Waals surface area contributed by atoms with Crippen molar-refractivity contribution in [1.29, 1.82) is 0 Å². The fraction of sp³-hybridized carbons (Fsp3) is 0.231. The number of aromatic nitrogens is 2. The lowest BCUT2D eigenvalue weighted by Gasteiger charge is -2.05. The van der Waals surface area contributed by atoms with Crippen LogP contribution < -0.4 is 0 Å². The Kier molecular flexibility index (Phi) is 3.23. The van der Waals surface area contributed by atoms with Crippen LogP contribution in [0.25, 0.3) is 11.4 Å². The Balaban J connectivity index is 2.35. The van der Waals surface area contributed by atoms with Gasteiger partial charge in [0.2, 0.25) is 0 Å². The molecule has 17 heavy (non-hydrogen) atoms. The number of hydrogen-bond donors (Lipinski definition) is 0. The molecule has 0 unspecified atom stereocenters. The minimum Gasteiger partial charge on any atom is -0.462 e. The van der Waals surface area contributed by atoms with Crippen molar-refractivity contribution in [2.24, 2.45) is 7.05 Å². The van der Waals surface area contributed by atoms with Crippen molar-refractivity contribution < 1.29 is 9.53 Å². The second kappa shape index (κ2) is 4.82. The van der Waals surface area contributed by atoms with E-state index in [1.165, 1.54) is 0 Å². The number of imidazole rings is 1. The van der Waals surface area contributed by atoms with Crippen molar-refractivity contribution >= 4 is 5.97 Å². The molecule has 0 fully saturated rings. The topological polar surface area (TPSA) is 44.1 Å². The summed E-state index contributed by atoms with van der Waals surface area (Å²) in [5, 5.41) is 0. The largest absolute Gasteiger partial charge is 0.462 e. The highest BCUT2D eigenvalue weighted by atomic mass is 16.5. The third-order valence-electron chi connectivity index (χ3n) is 2.45. The number of carbonyl (C=O) groups excluding carboxylic acids is 1. The van der Waals surface area contributed by atoms with Crippen LogP contribution in [0.1, 0.15) is 17.3 Å². The lowest BCUT2D eigenvalue weighted by molar-refractivity contribution is 0.0526. The number of nitrogens with zero attached hydrogens (tertiary/aromatic N) is 2. The van der Waals surface area contributed by atoms with Crippen LogP contribution in [-0.4, -0.2) is 22.1 Å². The van der Waals surface area contributed by atoms with E-state index in [9.17, 15) is 4.79 Å². The molecular formula is C13H14N2O2. The van der Waals surface area contributed by atoms with Crippen molar-refractivity contribution in [1.82, 2.24) is 9.55 Å². The van der Waals surface area contributed by atoms with Gasteiger partial charge in [-0.15, -0.1) is 0 Å². The Labute approximate surface area is 99.9 Å². The zero-order valence-electron chi connectivity index (χ0n) is 9.88. The summed E-state index contributed by atoms with van der Waals surface area (Å²) in [5.74, 6) is 0.528. The predicted octanol–water partition coefficient (Wildman–Crippen LogP) is 2.26. The summed E-state index contributed by atoms with van der Waals surface area (Å²) in [6.07, 6.45) is 3.60. The normalized spacial score (nSPS) is 10.2. The van der Waals surface area contributed by atoms with Gasteiger partial charge < -0.3 is 9.30 Å². The zero-order chi connectivity index (χ0) is 12.3. The molecule has 0 saturated carbocycles. The van der Waals surface area contributed by atoms with Crippen LogP contribution in [0.2, 0.25) is 0 Å². The minimum absolute atomic E-state index is 0.302. The molecule has 0 atom stereocenters. The molecule has 4 nitrogen and oxygen atoms in total. The second-order valence-electron chi connectivity index (χ2n) is 3.66. The van der Waals surface area contributed by atoms with E-state index in [2.05, 4.69) is 4.98 Å². The number of hydrogen-bond acceptors (Lipinski definition) is 3. The maximum atomic E-state index is 11.6. The Morgan fingerprint density at radius 2 is 2.29 bits per heavy atom. The van der Waals surface area contributed by atoms with Crippen LogP contribution in [0.5, 0.6) is 0 Å². The average Bonchev–Trinajstić information content (AvgIpc) is 2.76. The lowest BCUT2D eigenvalue weighted by Crippen LogP contribution is -2.04. The van der Waals surface area contributed by atoms with E-state index in [0.717, 1.165) is 11.4 Å². The number of esters is 1. The highest BCUT2D eigenvalue weighted by molar-refractivity contribution is 5.90. The third kappa shape index (κ3) is 2.36. The van der Waals surface area contributed by atoms with Crippen LogP contribution in [-0.2, 0) is 11.8 Å². The van der Waals surface area contributed by atoms with Gasteiger partial charge in [0.25, 0.3) is 0 Å². The molecule has 0 aliphatic rings. The summed E-state index contributed by atoms with van der Waals surface area (Å²) in [6.45, 7) is 2.17. The van der Waals surface area contributed by atoms with Gasteiger partial charge in [-0.3, -0.25) is 0 Å². The second-order valence-corrected chi connectivity index (χ2v) is 3.66. The molecule has 0 amide bonds. The van der Waals surface area contributed by atoms with Crippen molar-refractivity contribution in [2.75, 3.05) is 6.61 Å². The summed E-state index contributed by atoms with van der Waals surface area (Å²) in [4.78, 5) is 15.8. The van der Waals surface area contributed by atoms with Crippen LogP contribution >= 0.6 is 0 Å². The summed E-state index contributed by atoms with van der Waals surface area (Å²) in [5.41, 5.74) is 1.45. The molecule has 2 rings (SSSR count). The Hall–Kier alpha value is -2.10. The molecule has 1 aromatic carbocycles. The maximum Gasteiger partial charge on any atom is 0.338 e. The van der Waals surface area contributed by atoms with E-state index in [-0.39, 0.29) is 5.97 Å². The molecular weight excluding hydrogens is 216 g/mol. The maximum absolute atomic E-state index is 11.6. The Bertz CT molecular complexity index is 532. The van der Waals surface area contributed by atoms with Crippen LogP contribution in [0.3, 0.4) is 0 Å². The van der Waals surface area contributed by atoms with E-state index >= 15 is 0 Å². The van der Waals surface area contributed by atoms with E-state index < -0.39 is 0 Å². The summed E-state index contributed by atoms with van der Waals surface area (Å²) < 4.78 is 6.87. The highest BCUT2D eigenvalue weighted by Gasteiger charge is 2.09. The van der Waals surface area contributed by atoms with Gasteiger partial charge in [-0.2, -0.15) is 0 Å². The number of rotatable bonds is 3. The summed E-state index contributed by atoms with van der Waals surface area (Å²) in [7, 11) is 1.92. The number of carbonyl (C=O) groups is 1. The van der Waals surface area contributed by atoms with Crippen LogP contribution in [0, 0.1) is 0 Å². The molecule has 88 valence electrons. The van der Waals surface area contributed by atoms with E-state index in [0.29, 0.717) is 12.2 Å². The first-order valence-electron chi connectivity index (χ1n) is 5.47. The monoisotopic (exact) mass is 230 g/mol. The molecule has 0 saturated heterocycles. The summed E-state index contributed by atoms with van der Waals surface area (Å²) >= 11 is 0. The van der Waals surface area contributed by atoms with E-state index in [1.807, 2.05) is 29.9 Å². The smallest absolute Gasteiger partial charge is 0.338 e. The zero-order valence-corrected chi connectivity index (χ0v) is 9.88. The van der Waals surface area contributed by atoms with Crippen molar-refractivity contribution in [3.63, 3.8) is 0 Å². The van der Waals surface area contributed by atoms with Gasteiger partial charge in [-0.25, -0.2) is 9.78 Å². The first-order chi connectivity index (χ1) is 8.22. The number of aryl methyl sites for hydroxylation is 1. The molecule has 4 heteroatoms. The SMILES string of the molecule is CCOC(=O)c1cccc(-c2nccn2C)c1. The molecule has 0 aliphatic heterocycles. The Morgan fingerprint density at radius 3 is 2.94 bits per heavy atom. The van der Waals surface area contributed by atoms with Crippen molar-refractivity contribution in [2.45, 2.75) is 6.92 Å². The van der Waals surface area contributed by atoms with Gasteiger partial charge in [-0.1, -0.05) is 12.1 Å². The van der Waals surface area contributed by atoms with Gasteiger partial charge in [0, 0.05) is 25.0 Å². The van der Waals surface area contributed by atoms with Gasteiger partial charge in [0.15, 0.2) is 0 Å². The first kappa shape index (κ1) is 11.4. The number of benzene rings is 1. The fourth-order valence-electron chi connectivity index (χ4n) is 1.64. The third-order valence-corrected chi connectivity index (χ3v) is 2.45. The fourth-order valence-corrected chi connectivity index (χ4v) is 1.64. The lowest BCUT2D eigenvalue weighted by atomic mass is 10.1. The minimum atomic E-state index is -0.302. The van der Waals surface area contributed by atoms with Crippen LogP contribution in [0.4, 0.5) is 0 Å². The average molecular weight is 230 g/mol.